The Balaban J connectivity index is 2.98. The van der Waals surface area contributed by atoms with Gasteiger partial charge in [0, 0.05) is 12.5 Å². The highest BCUT2D eigenvalue weighted by Crippen LogP contribution is 2.42. The summed E-state index contributed by atoms with van der Waals surface area (Å²) >= 11 is 0. The average Bonchev–Trinajstić information content (AvgIpc) is 2.26. The molecular formula is C12H11F5O3. The van der Waals surface area contributed by atoms with Gasteiger partial charge in [-0.2, -0.15) is 22.0 Å². The van der Waals surface area contributed by atoms with Crippen molar-refractivity contribution in [1.82, 2.24) is 0 Å². The fraction of sp³-hybridized carbons (Fsp3) is 0.417. The molecule has 1 rings (SSSR count). The van der Waals surface area contributed by atoms with Crippen LogP contribution in [0.2, 0.25) is 0 Å². The van der Waals surface area contributed by atoms with Gasteiger partial charge in [-0.3, -0.25) is 4.79 Å². The molecule has 0 amide bonds. The van der Waals surface area contributed by atoms with Gasteiger partial charge in [-0.05, 0) is 6.07 Å². The molecular weight excluding hydrogens is 287 g/mol. The molecule has 1 aromatic carbocycles. The van der Waals surface area contributed by atoms with Crippen LogP contribution in [0.25, 0.3) is 0 Å². The first kappa shape index (κ1) is 16.4. The third kappa shape index (κ3) is 3.89. The first-order valence-electron chi connectivity index (χ1n) is 5.44. The van der Waals surface area contributed by atoms with E-state index in [0.717, 1.165) is 13.0 Å². The summed E-state index contributed by atoms with van der Waals surface area (Å²) in [6.07, 6.45) is -9.73. The smallest absolute Gasteiger partial charge is 0.426 e. The summed E-state index contributed by atoms with van der Waals surface area (Å²) in [6.45, 7) is 1.04. The van der Waals surface area contributed by atoms with Crippen LogP contribution >= 0.6 is 0 Å². The zero-order valence-electron chi connectivity index (χ0n) is 10.2. The molecule has 0 radical (unpaired) electrons. The van der Waals surface area contributed by atoms with Gasteiger partial charge in [-0.25, -0.2) is 0 Å². The third-order valence-corrected chi connectivity index (χ3v) is 2.40. The van der Waals surface area contributed by atoms with Gasteiger partial charge in [-0.1, -0.05) is 18.2 Å². The van der Waals surface area contributed by atoms with Crippen LogP contribution in [0.3, 0.4) is 0 Å². The van der Waals surface area contributed by atoms with Crippen molar-refractivity contribution < 1.29 is 36.6 Å². The SMILES string of the molecule is CC(=O)Oc1ccccc1C(O)CC(F)(F)C(F)(F)F. The van der Waals surface area contributed by atoms with Gasteiger partial charge in [0.2, 0.25) is 0 Å². The molecule has 20 heavy (non-hydrogen) atoms. The summed E-state index contributed by atoms with van der Waals surface area (Å²) in [6, 6.07) is 4.99. The maximum atomic E-state index is 12.9. The lowest BCUT2D eigenvalue weighted by Crippen LogP contribution is -2.37. The number of aliphatic hydroxyl groups is 1. The molecule has 8 heteroatoms. The molecule has 0 aromatic heterocycles. The van der Waals surface area contributed by atoms with E-state index in [1.807, 2.05) is 0 Å². The number of alkyl halides is 5. The van der Waals surface area contributed by atoms with Gasteiger partial charge in [0.1, 0.15) is 5.75 Å². The molecule has 0 aliphatic rings. The van der Waals surface area contributed by atoms with E-state index in [9.17, 15) is 31.9 Å². The van der Waals surface area contributed by atoms with Gasteiger partial charge >= 0.3 is 18.1 Å². The maximum Gasteiger partial charge on any atom is 0.453 e. The molecule has 0 heterocycles. The number of hydrogen-bond donors (Lipinski definition) is 1. The molecule has 112 valence electrons. The van der Waals surface area contributed by atoms with E-state index < -0.39 is 30.6 Å². The zero-order chi connectivity index (χ0) is 15.6. The first-order valence-corrected chi connectivity index (χ1v) is 5.44. The number of esters is 1. The lowest BCUT2D eigenvalue weighted by Gasteiger charge is -2.23. The van der Waals surface area contributed by atoms with Crippen molar-refractivity contribution in [3.05, 3.63) is 29.8 Å². The molecule has 1 N–H and O–H groups in total. The molecule has 0 aliphatic carbocycles. The Morgan fingerprint density at radius 2 is 1.80 bits per heavy atom. The number of carbonyl (C=O) groups excluding carboxylic acids is 1. The number of halogens is 5. The minimum atomic E-state index is -5.76. The first-order chi connectivity index (χ1) is 9.04. The number of aliphatic hydroxyl groups excluding tert-OH is 1. The van der Waals surface area contributed by atoms with E-state index in [1.165, 1.54) is 18.2 Å². The van der Waals surface area contributed by atoms with Crippen molar-refractivity contribution in [1.29, 1.82) is 0 Å². The number of ether oxygens (including phenoxy) is 1. The molecule has 1 aromatic rings. The number of hydrogen-bond acceptors (Lipinski definition) is 3. The topological polar surface area (TPSA) is 46.5 Å². The molecule has 1 atom stereocenters. The van der Waals surface area contributed by atoms with Crippen LogP contribution < -0.4 is 4.74 Å². The van der Waals surface area contributed by atoms with E-state index in [-0.39, 0.29) is 11.3 Å². The molecule has 0 aliphatic heterocycles. The molecule has 0 fully saturated rings. The molecule has 0 spiro atoms. The van der Waals surface area contributed by atoms with Crippen LogP contribution in [0, 0.1) is 0 Å². The highest BCUT2D eigenvalue weighted by Gasteiger charge is 2.58. The Morgan fingerprint density at radius 3 is 2.30 bits per heavy atom. The monoisotopic (exact) mass is 298 g/mol. The van der Waals surface area contributed by atoms with E-state index in [4.69, 9.17) is 0 Å². The van der Waals surface area contributed by atoms with Crippen molar-refractivity contribution in [2.75, 3.05) is 0 Å². The fourth-order valence-electron chi connectivity index (χ4n) is 1.47. The predicted octanol–water partition coefficient (Wildman–Crippen LogP) is 3.23. The molecule has 0 saturated heterocycles. The molecule has 1 unspecified atom stereocenters. The standard InChI is InChI=1S/C12H11F5O3/c1-7(18)20-10-5-3-2-4-8(10)9(19)6-11(13,14)12(15,16)17/h2-5,9,19H,6H2,1H3. The number of rotatable bonds is 4. The minimum absolute atomic E-state index is 0.259. The lowest BCUT2D eigenvalue weighted by atomic mass is 10.0. The Kier molecular flexibility index (Phi) is 4.69. The van der Waals surface area contributed by atoms with Gasteiger partial charge in [-0.15, -0.1) is 0 Å². The van der Waals surface area contributed by atoms with Crippen LogP contribution in [0.5, 0.6) is 5.75 Å². The Hall–Kier alpha value is -1.70. The molecule has 0 saturated carbocycles. The van der Waals surface area contributed by atoms with Crippen LogP contribution in [-0.4, -0.2) is 23.2 Å². The average molecular weight is 298 g/mol. The molecule has 3 nitrogen and oxygen atoms in total. The highest BCUT2D eigenvalue weighted by atomic mass is 19.4. The highest BCUT2D eigenvalue weighted by molar-refractivity contribution is 5.69. The van der Waals surface area contributed by atoms with E-state index in [2.05, 4.69) is 4.74 Å². The van der Waals surface area contributed by atoms with Crippen LogP contribution in [0.15, 0.2) is 24.3 Å². The van der Waals surface area contributed by atoms with E-state index in [0.29, 0.717) is 0 Å². The Labute approximate surface area is 111 Å². The summed E-state index contributed by atoms with van der Waals surface area (Å²) in [7, 11) is 0. The van der Waals surface area contributed by atoms with E-state index >= 15 is 0 Å². The molecule has 0 bridgehead atoms. The second-order valence-corrected chi connectivity index (χ2v) is 4.05. The van der Waals surface area contributed by atoms with Crippen molar-refractivity contribution in [3.63, 3.8) is 0 Å². The Bertz CT molecular complexity index is 484. The number of para-hydroxylation sites is 1. The predicted molar refractivity (Wildman–Crippen MR) is 58.3 cm³/mol. The summed E-state index contributed by atoms with van der Waals surface area (Å²) in [5.41, 5.74) is -0.313. The second kappa shape index (κ2) is 5.74. The largest absolute Gasteiger partial charge is 0.453 e. The van der Waals surface area contributed by atoms with Gasteiger partial charge in [0.15, 0.2) is 0 Å². The lowest BCUT2D eigenvalue weighted by molar-refractivity contribution is -0.290. The van der Waals surface area contributed by atoms with Crippen molar-refractivity contribution >= 4 is 5.97 Å². The fourth-order valence-corrected chi connectivity index (χ4v) is 1.47. The van der Waals surface area contributed by atoms with Crippen molar-refractivity contribution in [3.8, 4) is 5.75 Å². The second-order valence-electron chi connectivity index (χ2n) is 4.05. The number of carbonyl (C=O) groups is 1. The summed E-state index contributed by atoms with van der Waals surface area (Å²) in [5.74, 6) is -6.09. The Morgan fingerprint density at radius 1 is 1.25 bits per heavy atom. The van der Waals surface area contributed by atoms with Crippen LogP contribution in [0.1, 0.15) is 25.0 Å². The third-order valence-electron chi connectivity index (χ3n) is 2.40. The number of benzene rings is 1. The van der Waals surface area contributed by atoms with Gasteiger partial charge in [0.05, 0.1) is 12.5 Å². The quantitative estimate of drug-likeness (QED) is 0.527. The van der Waals surface area contributed by atoms with Crippen LogP contribution in [0.4, 0.5) is 22.0 Å². The normalized spacial score (nSPS) is 13.9. The zero-order valence-corrected chi connectivity index (χ0v) is 10.2. The van der Waals surface area contributed by atoms with Crippen molar-refractivity contribution in [2.45, 2.75) is 31.5 Å². The summed E-state index contributed by atoms with van der Waals surface area (Å²) in [5, 5.41) is 9.54. The summed E-state index contributed by atoms with van der Waals surface area (Å²) < 4.78 is 66.6. The van der Waals surface area contributed by atoms with Gasteiger partial charge in [0.25, 0.3) is 0 Å². The van der Waals surface area contributed by atoms with Gasteiger partial charge < -0.3 is 9.84 Å². The maximum absolute atomic E-state index is 12.9. The van der Waals surface area contributed by atoms with E-state index in [1.54, 1.807) is 0 Å². The minimum Gasteiger partial charge on any atom is -0.426 e. The van der Waals surface area contributed by atoms with Crippen molar-refractivity contribution in [2.24, 2.45) is 0 Å². The van der Waals surface area contributed by atoms with Crippen LogP contribution in [-0.2, 0) is 4.79 Å². The summed E-state index contributed by atoms with van der Waals surface area (Å²) in [4.78, 5) is 10.8.